The summed E-state index contributed by atoms with van der Waals surface area (Å²) in [7, 11) is 0. The van der Waals surface area contributed by atoms with Crippen molar-refractivity contribution in [3.05, 3.63) is 28.2 Å². The highest BCUT2D eigenvalue weighted by Crippen LogP contribution is 2.41. The quantitative estimate of drug-likeness (QED) is 0.938. The molecule has 3 rings (SSSR count). The number of nitrogens with zero attached hydrogens (tertiary/aromatic N) is 1. The third kappa shape index (κ3) is 3.11. The predicted octanol–water partition coefficient (Wildman–Crippen LogP) is 3.25. The van der Waals surface area contributed by atoms with Crippen molar-refractivity contribution in [3.8, 4) is 22.1 Å². The first kappa shape index (κ1) is 14.2. The Morgan fingerprint density at radius 1 is 1.38 bits per heavy atom. The number of aromatic nitrogens is 1. The van der Waals surface area contributed by atoms with Crippen molar-refractivity contribution in [2.24, 2.45) is 0 Å². The molecular weight excluding hydrogens is 314 g/mol. The Balaban J connectivity index is 1.95. The van der Waals surface area contributed by atoms with Crippen LogP contribution in [-0.4, -0.2) is 29.3 Å². The molecule has 1 aromatic carbocycles. The van der Waals surface area contributed by atoms with E-state index in [9.17, 15) is 4.79 Å². The van der Waals surface area contributed by atoms with Crippen LogP contribution in [-0.2, 0) is 11.2 Å². The van der Waals surface area contributed by atoms with E-state index in [0.29, 0.717) is 40.4 Å². The molecule has 1 aliphatic heterocycles. The van der Waals surface area contributed by atoms with Gasteiger partial charge in [0.1, 0.15) is 5.01 Å². The Morgan fingerprint density at radius 3 is 3.00 bits per heavy atom. The van der Waals surface area contributed by atoms with Gasteiger partial charge in [-0.1, -0.05) is 11.6 Å². The molecule has 21 heavy (non-hydrogen) atoms. The SMILES string of the molecule is O=C(O)Cc1csc(-c2cc(Cl)c3c(c2)OCCCO3)n1. The highest BCUT2D eigenvalue weighted by molar-refractivity contribution is 7.13. The molecule has 0 bridgehead atoms. The van der Waals surface area contributed by atoms with Gasteiger partial charge < -0.3 is 14.6 Å². The number of carboxylic acids is 1. The van der Waals surface area contributed by atoms with E-state index in [-0.39, 0.29) is 6.42 Å². The van der Waals surface area contributed by atoms with Crippen LogP contribution in [0.2, 0.25) is 5.02 Å². The normalized spacial score (nSPS) is 13.8. The largest absolute Gasteiger partial charge is 0.489 e. The molecular formula is C14H12ClNO4S. The molecule has 2 aromatic rings. The number of carbonyl (C=O) groups is 1. The van der Waals surface area contributed by atoms with Gasteiger partial charge in [0.05, 0.1) is 30.4 Å². The van der Waals surface area contributed by atoms with Crippen LogP contribution in [0.15, 0.2) is 17.5 Å². The molecule has 2 heterocycles. The smallest absolute Gasteiger partial charge is 0.309 e. The van der Waals surface area contributed by atoms with Gasteiger partial charge in [-0.05, 0) is 12.1 Å². The summed E-state index contributed by atoms with van der Waals surface area (Å²) in [4.78, 5) is 15.0. The number of halogens is 1. The van der Waals surface area contributed by atoms with Crippen molar-refractivity contribution in [3.63, 3.8) is 0 Å². The zero-order valence-corrected chi connectivity index (χ0v) is 12.5. The summed E-state index contributed by atoms with van der Waals surface area (Å²) in [5.74, 6) is 0.258. The molecule has 0 saturated heterocycles. The van der Waals surface area contributed by atoms with Gasteiger partial charge in [-0.25, -0.2) is 4.98 Å². The minimum absolute atomic E-state index is 0.0885. The monoisotopic (exact) mass is 325 g/mol. The number of hydrogen-bond donors (Lipinski definition) is 1. The summed E-state index contributed by atoms with van der Waals surface area (Å²) >= 11 is 7.62. The Kier molecular flexibility index (Phi) is 3.98. The number of thiazole rings is 1. The van der Waals surface area contributed by atoms with Crippen molar-refractivity contribution < 1.29 is 19.4 Å². The second kappa shape index (κ2) is 5.91. The van der Waals surface area contributed by atoms with E-state index in [1.54, 1.807) is 11.4 Å². The molecule has 0 atom stereocenters. The van der Waals surface area contributed by atoms with Crippen LogP contribution in [0, 0.1) is 0 Å². The van der Waals surface area contributed by atoms with E-state index in [1.165, 1.54) is 11.3 Å². The predicted molar refractivity (Wildman–Crippen MR) is 79.5 cm³/mol. The minimum atomic E-state index is -0.899. The Labute approximate surface area is 130 Å². The van der Waals surface area contributed by atoms with Crippen LogP contribution in [0.5, 0.6) is 11.5 Å². The van der Waals surface area contributed by atoms with Crippen LogP contribution in [0.1, 0.15) is 12.1 Å². The summed E-state index contributed by atoms with van der Waals surface area (Å²) in [6.07, 6.45) is 0.717. The van der Waals surface area contributed by atoms with Crippen LogP contribution in [0.3, 0.4) is 0 Å². The molecule has 1 aromatic heterocycles. The van der Waals surface area contributed by atoms with E-state index in [1.807, 2.05) is 6.07 Å². The lowest BCUT2D eigenvalue weighted by Crippen LogP contribution is -1.99. The average molecular weight is 326 g/mol. The van der Waals surface area contributed by atoms with Gasteiger partial charge in [-0.15, -0.1) is 11.3 Å². The number of hydrogen-bond acceptors (Lipinski definition) is 5. The lowest BCUT2D eigenvalue weighted by molar-refractivity contribution is -0.136. The van der Waals surface area contributed by atoms with Crippen LogP contribution >= 0.6 is 22.9 Å². The first-order valence-electron chi connectivity index (χ1n) is 6.39. The fourth-order valence-corrected chi connectivity index (χ4v) is 3.10. The maximum atomic E-state index is 10.7. The van der Waals surface area contributed by atoms with E-state index in [2.05, 4.69) is 4.98 Å². The number of rotatable bonds is 3. The molecule has 7 heteroatoms. The lowest BCUT2D eigenvalue weighted by Gasteiger charge is -2.10. The van der Waals surface area contributed by atoms with Crippen LogP contribution in [0.25, 0.3) is 10.6 Å². The van der Waals surface area contributed by atoms with Crippen molar-refractivity contribution in [1.82, 2.24) is 4.98 Å². The van der Waals surface area contributed by atoms with Crippen LogP contribution in [0.4, 0.5) is 0 Å². The second-order valence-electron chi connectivity index (χ2n) is 4.55. The van der Waals surface area contributed by atoms with Gasteiger partial charge in [0.2, 0.25) is 0 Å². The third-order valence-electron chi connectivity index (χ3n) is 2.93. The average Bonchev–Trinajstić information content (AvgIpc) is 2.74. The highest BCUT2D eigenvalue weighted by atomic mass is 35.5. The summed E-state index contributed by atoms with van der Waals surface area (Å²) < 4.78 is 11.2. The molecule has 0 spiro atoms. The molecule has 0 amide bonds. The zero-order valence-electron chi connectivity index (χ0n) is 11.0. The number of carboxylic acid groups (broad SMARTS) is 1. The summed E-state index contributed by atoms with van der Waals surface area (Å²) in [6, 6.07) is 3.59. The third-order valence-corrected chi connectivity index (χ3v) is 4.15. The van der Waals surface area contributed by atoms with E-state index in [0.717, 1.165) is 12.0 Å². The first-order chi connectivity index (χ1) is 10.1. The molecule has 110 valence electrons. The molecule has 1 aliphatic rings. The summed E-state index contributed by atoms with van der Waals surface area (Å²) in [5.41, 5.74) is 1.33. The molecule has 1 N–H and O–H groups in total. The van der Waals surface area contributed by atoms with Crippen molar-refractivity contribution in [1.29, 1.82) is 0 Å². The molecule has 0 fully saturated rings. The Hall–Kier alpha value is -1.79. The number of ether oxygens (including phenoxy) is 2. The van der Waals surface area contributed by atoms with Crippen molar-refractivity contribution >= 4 is 28.9 Å². The Morgan fingerprint density at radius 2 is 2.19 bits per heavy atom. The summed E-state index contributed by atoms with van der Waals surface area (Å²) in [6.45, 7) is 1.15. The van der Waals surface area contributed by atoms with Gasteiger partial charge in [0.15, 0.2) is 11.5 Å². The van der Waals surface area contributed by atoms with Gasteiger partial charge >= 0.3 is 5.97 Å². The van der Waals surface area contributed by atoms with Crippen LogP contribution < -0.4 is 9.47 Å². The maximum Gasteiger partial charge on any atom is 0.309 e. The minimum Gasteiger partial charge on any atom is -0.489 e. The van der Waals surface area contributed by atoms with Crippen molar-refractivity contribution in [2.75, 3.05) is 13.2 Å². The van der Waals surface area contributed by atoms with Gasteiger partial charge in [0, 0.05) is 17.4 Å². The van der Waals surface area contributed by atoms with E-state index < -0.39 is 5.97 Å². The number of aliphatic carboxylic acids is 1. The fourth-order valence-electron chi connectivity index (χ4n) is 2.03. The van der Waals surface area contributed by atoms with Gasteiger partial charge in [-0.2, -0.15) is 0 Å². The van der Waals surface area contributed by atoms with E-state index >= 15 is 0 Å². The number of benzene rings is 1. The maximum absolute atomic E-state index is 10.7. The molecule has 0 aliphatic carbocycles. The number of fused-ring (bicyclic) bond motifs is 1. The summed E-state index contributed by atoms with van der Waals surface area (Å²) in [5, 5.41) is 11.7. The second-order valence-corrected chi connectivity index (χ2v) is 5.82. The van der Waals surface area contributed by atoms with Gasteiger partial charge in [0.25, 0.3) is 0 Å². The molecule has 5 nitrogen and oxygen atoms in total. The Bertz CT molecular complexity index is 686. The van der Waals surface area contributed by atoms with Gasteiger partial charge in [-0.3, -0.25) is 4.79 Å². The molecule has 0 radical (unpaired) electrons. The van der Waals surface area contributed by atoms with Crippen molar-refractivity contribution in [2.45, 2.75) is 12.8 Å². The van der Waals surface area contributed by atoms with E-state index in [4.69, 9.17) is 26.2 Å². The topological polar surface area (TPSA) is 68.7 Å². The fraction of sp³-hybridized carbons (Fsp3) is 0.286. The lowest BCUT2D eigenvalue weighted by atomic mass is 10.2. The standard InChI is InChI=1S/C14H12ClNO4S/c15-10-4-8(5-11-13(10)20-3-1-2-19-11)14-16-9(7-21-14)6-12(17)18/h4-5,7H,1-3,6H2,(H,17,18). The highest BCUT2D eigenvalue weighted by Gasteiger charge is 2.17. The first-order valence-corrected chi connectivity index (χ1v) is 7.65. The molecule has 0 saturated carbocycles. The molecule has 0 unspecified atom stereocenters. The zero-order chi connectivity index (χ0) is 14.8.